The van der Waals surface area contributed by atoms with E-state index in [4.69, 9.17) is 4.74 Å². The maximum Gasteiger partial charge on any atom is 0.316 e. The number of pyridine rings is 1. The van der Waals surface area contributed by atoms with Crippen LogP contribution in [-0.4, -0.2) is 39.0 Å². The zero-order valence-corrected chi connectivity index (χ0v) is 12.6. The molecule has 2 aromatic rings. The highest BCUT2D eigenvalue weighted by Crippen LogP contribution is 2.18. The summed E-state index contributed by atoms with van der Waals surface area (Å²) in [5.41, 5.74) is 1.71. The molecule has 22 heavy (non-hydrogen) atoms. The molecule has 0 aliphatic carbocycles. The van der Waals surface area contributed by atoms with Gasteiger partial charge in [-0.05, 0) is 31.4 Å². The van der Waals surface area contributed by atoms with E-state index in [9.17, 15) is 4.39 Å². The Morgan fingerprint density at radius 2 is 1.95 bits per heavy atom. The van der Waals surface area contributed by atoms with Gasteiger partial charge in [-0.15, -0.1) is 0 Å². The molecule has 3 heterocycles. The van der Waals surface area contributed by atoms with Crippen LogP contribution in [0.3, 0.4) is 0 Å². The molecular formula is C16H19FN4O. The van der Waals surface area contributed by atoms with Gasteiger partial charge in [0, 0.05) is 43.8 Å². The van der Waals surface area contributed by atoms with E-state index < -0.39 is 0 Å². The Hall–Kier alpha value is -2.08. The number of nitrogens with zero attached hydrogens (tertiary/aromatic N) is 4. The second-order valence-electron chi connectivity index (χ2n) is 5.60. The van der Waals surface area contributed by atoms with Crippen LogP contribution in [0.5, 0.6) is 6.01 Å². The molecule has 1 aliphatic rings. The number of halogens is 1. The molecule has 0 radical (unpaired) electrons. The monoisotopic (exact) mass is 302 g/mol. The van der Waals surface area contributed by atoms with Gasteiger partial charge in [-0.2, -0.15) is 0 Å². The molecule has 0 saturated carbocycles. The molecule has 1 saturated heterocycles. The van der Waals surface area contributed by atoms with Gasteiger partial charge in [-0.3, -0.25) is 9.88 Å². The Balaban J connectivity index is 1.50. The van der Waals surface area contributed by atoms with Crippen molar-refractivity contribution in [2.24, 2.45) is 0 Å². The summed E-state index contributed by atoms with van der Waals surface area (Å²) in [6.07, 6.45) is 8.31. The fourth-order valence-electron chi connectivity index (χ4n) is 2.55. The highest BCUT2D eigenvalue weighted by Gasteiger charge is 2.22. The van der Waals surface area contributed by atoms with E-state index in [-0.39, 0.29) is 11.9 Å². The van der Waals surface area contributed by atoms with Gasteiger partial charge < -0.3 is 4.74 Å². The Bertz CT molecular complexity index is 612. The molecule has 2 aromatic heterocycles. The molecule has 1 aliphatic heterocycles. The summed E-state index contributed by atoms with van der Waals surface area (Å²) in [7, 11) is 0. The summed E-state index contributed by atoms with van der Waals surface area (Å²) in [5.74, 6) is -0.242. The normalized spacial score (nSPS) is 16.6. The van der Waals surface area contributed by atoms with Gasteiger partial charge in [0.25, 0.3) is 0 Å². The maximum atomic E-state index is 13.6. The molecule has 0 N–H and O–H groups in total. The number of likely N-dealkylation sites (tertiary alicyclic amines) is 1. The van der Waals surface area contributed by atoms with Crippen molar-refractivity contribution in [2.75, 3.05) is 13.1 Å². The standard InChI is InChI=1S/C16H19FN4O/c1-12-8-19-16(20-9-12)22-14-3-6-21(7-4-14)11-13-2-5-18-10-15(13)17/h2,5,8-10,14H,3-4,6-7,11H2,1H3. The maximum absolute atomic E-state index is 13.6. The van der Waals surface area contributed by atoms with Gasteiger partial charge in [0.1, 0.15) is 11.9 Å². The van der Waals surface area contributed by atoms with Crippen molar-refractivity contribution in [3.63, 3.8) is 0 Å². The summed E-state index contributed by atoms with van der Waals surface area (Å²) in [6.45, 7) is 4.30. The lowest BCUT2D eigenvalue weighted by Crippen LogP contribution is -2.38. The number of aryl methyl sites for hydroxylation is 1. The summed E-state index contributed by atoms with van der Waals surface area (Å²) < 4.78 is 19.4. The van der Waals surface area contributed by atoms with E-state index in [2.05, 4.69) is 19.9 Å². The van der Waals surface area contributed by atoms with Gasteiger partial charge in [-0.1, -0.05) is 0 Å². The van der Waals surface area contributed by atoms with Crippen molar-refractivity contribution in [3.05, 3.63) is 47.8 Å². The van der Waals surface area contributed by atoms with Crippen LogP contribution >= 0.6 is 0 Å². The van der Waals surface area contributed by atoms with Crippen LogP contribution in [0.1, 0.15) is 24.0 Å². The summed E-state index contributed by atoms with van der Waals surface area (Å²) in [4.78, 5) is 14.3. The lowest BCUT2D eigenvalue weighted by atomic mass is 10.1. The molecule has 0 aromatic carbocycles. The largest absolute Gasteiger partial charge is 0.460 e. The van der Waals surface area contributed by atoms with Crippen molar-refractivity contribution >= 4 is 0 Å². The fourth-order valence-corrected chi connectivity index (χ4v) is 2.55. The topological polar surface area (TPSA) is 51.1 Å². The average molecular weight is 302 g/mol. The first kappa shape index (κ1) is 14.8. The molecular weight excluding hydrogens is 283 g/mol. The van der Waals surface area contributed by atoms with Crippen molar-refractivity contribution < 1.29 is 9.13 Å². The van der Waals surface area contributed by atoms with E-state index in [0.29, 0.717) is 18.1 Å². The van der Waals surface area contributed by atoms with E-state index in [1.807, 2.05) is 6.92 Å². The molecule has 6 heteroatoms. The Labute approximate surface area is 129 Å². The van der Waals surface area contributed by atoms with Crippen LogP contribution in [0.2, 0.25) is 0 Å². The second kappa shape index (κ2) is 6.79. The molecule has 0 spiro atoms. The number of rotatable bonds is 4. The van der Waals surface area contributed by atoms with E-state index in [1.54, 1.807) is 24.7 Å². The number of hydrogen-bond donors (Lipinski definition) is 0. The van der Waals surface area contributed by atoms with Crippen molar-refractivity contribution in [2.45, 2.75) is 32.4 Å². The lowest BCUT2D eigenvalue weighted by Gasteiger charge is -2.31. The van der Waals surface area contributed by atoms with E-state index in [0.717, 1.165) is 31.5 Å². The number of piperidine rings is 1. The molecule has 0 unspecified atom stereocenters. The molecule has 0 atom stereocenters. The van der Waals surface area contributed by atoms with Crippen LogP contribution in [0, 0.1) is 12.7 Å². The highest BCUT2D eigenvalue weighted by molar-refractivity contribution is 5.12. The van der Waals surface area contributed by atoms with Crippen LogP contribution in [0.25, 0.3) is 0 Å². The third-order valence-electron chi connectivity index (χ3n) is 3.81. The van der Waals surface area contributed by atoms with Gasteiger partial charge in [0.15, 0.2) is 0 Å². The average Bonchev–Trinajstić information content (AvgIpc) is 2.54. The zero-order valence-electron chi connectivity index (χ0n) is 12.6. The smallest absolute Gasteiger partial charge is 0.316 e. The minimum Gasteiger partial charge on any atom is -0.460 e. The second-order valence-corrected chi connectivity index (χ2v) is 5.60. The first-order chi connectivity index (χ1) is 10.7. The van der Waals surface area contributed by atoms with Gasteiger partial charge in [-0.25, -0.2) is 14.4 Å². The van der Waals surface area contributed by atoms with Gasteiger partial charge >= 0.3 is 6.01 Å². The minimum atomic E-state index is -0.242. The minimum absolute atomic E-state index is 0.126. The van der Waals surface area contributed by atoms with Gasteiger partial charge in [0.05, 0.1) is 6.20 Å². The molecule has 0 bridgehead atoms. The number of ether oxygens (including phenoxy) is 1. The van der Waals surface area contributed by atoms with Crippen molar-refractivity contribution in [1.82, 2.24) is 19.9 Å². The van der Waals surface area contributed by atoms with E-state index >= 15 is 0 Å². The van der Waals surface area contributed by atoms with Crippen LogP contribution in [-0.2, 0) is 6.54 Å². The Kier molecular flexibility index (Phi) is 4.58. The van der Waals surface area contributed by atoms with Crippen molar-refractivity contribution in [1.29, 1.82) is 0 Å². The van der Waals surface area contributed by atoms with E-state index in [1.165, 1.54) is 6.20 Å². The molecule has 1 fully saturated rings. The first-order valence-electron chi connectivity index (χ1n) is 7.47. The molecule has 116 valence electrons. The Morgan fingerprint density at radius 1 is 1.23 bits per heavy atom. The van der Waals surface area contributed by atoms with Gasteiger partial charge in [0.2, 0.25) is 0 Å². The third kappa shape index (κ3) is 3.76. The first-order valence-corrected chi connectivity index (χ1v) is 7.47. The highest BCUT2D eigenvalue weighted by atomic mass is 19.1. The Morgan fingerprint density at radius 3 is 2.64 bits per heavy atom. The molecule has 3 rings (SSSR count). The van der Waals surface area contributed by atoms with Crippen molar-refractivity contribution in [3.8, 4) is 6.01 Å². The predicted molar refractivity (Wildman–Crippen MR) is 79.9 cm³/mol. The number of aromatic nitrogens is 3. The molecule has 0 amide bonds. The summed E-state index contributed by atoms with van der Waals surface area (Å²) >= 11 is 0. The lowest BCUT2D eigenvalue weighted by molar-refractivity contribution is 0.0886. The summed E-state index contributed by atoms with van der Waals surface area (Å²) in [6, 6.07) is 2.17. The van der Waals surface area contributed by atoms with Crippen LogP contribution < -0.4 is 4.74 Å². The zero-order chi connectivity index (χ0) is 15.4. The summed E-state index contributed by atoms with van der Waals surface area (Å²) in [5, 5.41) is 0. The SMILES string of the molecule is Cc1cnc(OC2CCN(Cc3ccncc3F)CC2)nc1. The van der Waals surface area contributed by atoms with Crippen LogP contribution in [0.15, 0.2) is 30.9 Å². The third-order valence-corrected chi connectivity index (χ3v) is 3.81. The van der Waals surface area contributed by atoms with Crippen LogP contribution in [0.4, 0.5) is 4.39 Å². The number of hydrogen-bond acceptors (Lipinski definition) is 5. The predicted octanol–water partition coefficient (Wildman–Crippen LogP) is 2.36. The molecule has 5 nitrogen and oxygen atoms in total. The quantitative estimate of drug-likeness (QED) is 0.868. The fraction of sp³-hybridized carbons (Fsp3) is 0.438.